The summed E-state index contributed by atoms with van der Waals surface area (Å²) in [5.74, 6) is 0. The lowest BCUT2D eigenvalue weighted by molar-refractivity contribution is 0.189. The second-order valence-electron chi connectivity index (χ2n) is 3.15. The standard InChI is InChI=1S/C10H16N2O/c1-8(13)6-7-12-10-5-3-2-4-9(10)11/h2-5,8,12-13H,6-7,11H2,1H3. The van der Waals surface area contributed by atoms with Crippen molar-refractivity contribution in [3.8, 4) is 0 Å². The lowest BCUT2D eigenvalue weighted by Gasteiger charge is -2.09. The summed E-state index contributed by atoms with van der Waals surface area (Å²) in [6, 6.07) is 7.61. The number of nitrogens with two attached hydrogens (primary N) is 1. The average Bonchev–Trinajstić information content (AvgIpc) is 2.08. The van der Waals surface area contributed by atoms with Crippen LogP contribution in [0.2, 0.25) is 0 Å². The van der Waals surface area contributed by atoms with E-state index in [-0.39, 0.29) is 6.10 Å². The molecule has 72 valence electrons. The van der Waals surface area contributed by atoms with Gasteiger partial charge in [-0.15, -0.1) is 0 Å². The van der Waals surface area contributed by atoms with E-state index in [2.05, 4.69) is 5.32 Å². The minimum atomic E-state index is -0.266. The Morgan fingerprint density at radius 1 is 1.46 bits per heavy atom. The Balaban J connectivity index is 2.41. The van der Waals surface area contributed by atoms with Crippen LogP contribution in [0.15, 0.2) is 24.3 Å². The van der Waals surface area contributed by atoms with Crippen LogP contribution < -0.4 is 11.1 Å². The molecule has 0 bridgehead atoms. The molecule has 0 saturated heterocycles. The Kier molecular flexibility index (Phi) is 3.58. The third-order valence-electron chi connectivity index (χ3n) is 1.84. The number of hydrogen-bond acceptors (Lipinski definition) is 3. The molecule has 0 saturated carbocycles. The summed E-state index contributed by atoms with van der Waals surface area (Å²) >= 11 is 0. The Morgan fingerprint density at radius 3 is 2.77 bits per heavy atom. The predicted molar refractivity (Wildman–Crippen MR) is 55.6 cm³/mol. The second-order valence-corrected chi connectivity index (χ2v) is 3.15. The van der Waals surface area contributed by atoms with Gasteiger partial charge in [0.25, 0.3) is 0 Å². The summed E-state index contributed by atoms with van der Waals surface area (Å²) in [5, 5.41) is 12.2. The van der Waals surface area contributed by atoms with Crippen molar-refractivity contribution in [1.82, 2.24) is 0 Å². The van der Waals surface area contributed by atoms with Gasteiger partial charge in [-0.25, -0.2) is 0 Å². The first-order valence-electron chi connectivity index (χ1n) is 4.46. The molecule has 13 heavy (non-hydrogen) atoms. The second kappa shape index (κ2) is 4.72. The van der Waals surface area contributed by atoms with E-state index in [0.29, 0.717) is 0 Å². The fourth-order valence-electron chi connectivity index (χ4n) is 1.07. The van der Waals surface area contributed by atoms with E-state index in [4.69, 9.17) is 10.8 Å². The quantitative estimate of drug-likeness (QED) is 0.615. The molecule has 1 unspecified atom stereocenters. The molecule has 0 amide bonds. The molecule has 3 heteroatoms. The van der Waals surface area contributed by atoms with E-state index in [1.54, 1.807) is 6.92 Å². The normalized spacial score (nSPS) is 12.5. The molecule has 1 aromatic rings. The van der Waals surface area contributed by atoms with Gasteiger partial charge in [-0.3, -0.25) is 0 Å². The average molecular weight is 180 g/mol. The number of rotatable bonds is 4. The highest BCUT2D eigenvalue weighted by atomic mass is 16.3. The molecule has 0 aliphatic carbocycles. The van der Waals surface area contributed by atoms with Crippen molar-refractivity contribution in [3.05, 3.63) is 24.3 Å². The van der Waals surface area contributed by atoms with Crippen LogP contribution in [-0.4, -0.2) is 17.8 Å². The first-order chi connectivity index (χ1) is 6.20. The van der Waals surface area contributed by atoms with Gasteiger partial charge in [0.2, 0.25) is 0 Å². The number of para-hydroxylation sites is 2. The fourth-order valence-corrected chi connectivity index (χ4v) is 1.07. The van der Waals surface area contributed by atoms with Crippen LogP contribution in [-0.2, 0) is 0 Å². The van der Waals surface area contributed by atoms with Gasteiger partial charge in [-0.05, 0) is 25.5 Å². The molecule has 3 nitrogen and oxygen atoms in total. The molecule has 0 aromatic heterocycles. The van der Waals surface area contributed by atoms with Gasteiger partial charge in [0.1, 0.15) is 0 Å². The van der Waals surface area contributed by atoms with Crippen LogP contribution in [0.4, 0.5) is 11.4 Å². The monoisotopic (exact) mass is 180 g/mol. The Morgan fingerprint density at radius 2 is 2.15 bits per heavy atom. The molecule has 1 atom stereocenters. The van der Waals surface area contributed by atoms with Gasteiger partial charge >= 0.3 is 0 Å². The number of nitrogen functional groups attached to an aromatic ring is 1. The molecule has 0 aliphatic heterocycles. The fraction of sp³-hybridized carbons (Fsp3) is 0.400. The summed E-state index contributed by atoms with van der Waals surface area (Å²) < 4.78 is 0. The maximum atomic E-state index is 9.03. The van der Waals surface area contributed by atoms with Gasteiger partial charge in [0, 0.05) is 6.54 Å². The maximum Gasteiger partial charge on any atom is 0.0573 e. The summed E-state index contributed by atoms with van der Waals surface area (Å²) in [5.41, 5.74) is 7.39. The van der Waals surface area contributed by atoms with Gasteiger partial charge in [-0.2, -0.15) is 0 Å². The zero-order valence-corrected chi connectivity index (χ0v) is 7.83. The molecule has 0 heterocycles. The molecular weight excluding hydrogens is 164 g/mol. The maximum absolute atomic E-state index is 9.03. The van der Waals surface area contributed by atoms with Crippen LogP contribution in [0, 0.1) is 0 Å². The topological polar surface area (TPSA) is 58.3 Å². The van der Waals surface area contributed by atoms with Crippen LogP contribution in [0.3, 0.4) is 0 Å². The van der Waals surface area contributed by atoms with E-state index in [1.165, 1.54) is 0 Å². The number of aliphatic hydroxyl groups excluding tert-OH is 1. The largest absolute Gasteiger partial charge is 0.397 e. The van der Waals surface area contributed by atoms with Crippen LogP contribution in [0.5, 0.6) is 0 Å². The summed E-state index contributed by atoms with van der Waals surface area (Å²) in [7, 11) is 0. The summed E-state index contributed by atoms with van der Waals surface area (Å²) in [4.78, 5) is 0. The Bertz CT molecular complexity index is 261. The lowest BCUT2D eigenvalue weighted by Crippen LogP contribution is -2.10. The zero-order valence-electron chi connectivity index (χ0n) is 7.83. The lowest BCUT2D eigenvalue weighted by atomic mass is 10.2. The molecule has 1 rings (SSSR count). The minimum absolute atomic E-state index is 0.266. The molecule has 4 N–H and O–H groups in total. The van der Waals surface area contributed by atoms with Gasteiger partial charge in [0.05, 0.1) is 17.5 Å². The number of anilines is 2. The van der Waals surface area contributed by atoms with E-state index in [0.717, 1.165) is 24.3 Å². The van der Waals surface area contributed by atoms with Gasteiger partial charge in [-0.1, -0.05) is 12.1 Å². The third kappa shape index (κ3) is 3.34. The Hall–Kier alpha value is -1.22. The van der Waals surface area contributed by atoms with Crippen LogP contribution in [0.25, 0.3) is 0 Å². The van der Waals surface area contributed by atoms with Crippen LogP contribution >= 0.6 is 0 Å². The van der Waals surface area contributed by atoms with Crippen molar-refractivity contribution < 1.29 is 5.11 Å². The highest BCUT2D eigenvalue weighted by Crippen LogP contribution is 2.16. The van der Waals surface area contributed by atoms with Crippen LogP contribution in [0.1, 0.15) is 13.3 Å². The highest BCUT2D eigenvalue weighted by molar-refractivity contribution is 5.65. The minimum Gasteiger partial charge on any atom is -0.397 e. The number of aliphatic hydroxyl groups is 1. The molecule has 0 spiro atoms. The first-order valence-corrected chi connectivity index (χ1v) is 4.46. The molecule has 0 radical (unpaired) electrons. The first kappa shape index (κ1) is 9.86. The Labute approximate surface area is 78.6 Å². The SMILES string of the molecule is CC(O)CCNc1ccccc1N. The van der Waals surface area contributed by atoms with Crippen molar-refractivity contribution in [1.29, 1.82) is 0 Å². The molecule has 1 aromatic carbocycles. The molecule has 0 fully saturated rings. The third-order valence-corrected chi connectivity index (χ3v) is 1.84. The van der Waals surface area contributed by atoms with Crippen molar-refractivity contribution in [2.75, 3.05) is 17.6 Å². The molecular formula is C10H16N2O. The predicted octanol–water partition coefficient (Wildman–Crippen LogP) is 1.45. The number of benzene rings is 1. The number of hydrogen-bond donors (Lipinski definition) is 3. The van der Waals surface area contributed by atoms with E-state index >= 15 is 0 Å². The smallest absolute Gasteiger partial charge is 0.0573 e. The molecule has 0 aliphatic rings. The van der Waals surface area contributed by atoms with Gasteiger partial charge < -0.3 is 16.2 Å². The summed E-state index contributed by atoms with van der Waals surface area (Å²) in [6.07, 6.45) is 0.464. The van der Waals surface area contributed by atoms with E-state index < -0.39 is 0 Å². The van der Waals surface area contributed by atoms with Crippen molar-refractivity contribution >= 4 is 11.4 Å². The van der Waals surface area contributed by atoms with Gasteiger partial charge in [0.15, 0.2) is 0 Å². The van der Waals surface area contributed by atoms with Crippen molar-refractivity contribution in [2.45, 2.75) is 19.4 Å². The number of nitrogens with one attached hydrogen (secondary N) is 1. The highest BCUT2D eigenvalue weighted by Gasteiger charge is 1.97. The van der Waals surface area contributed by atoms with E-state index in [1.807, 2.05) is 24.3 Å². The zero-order chi connectivity index (χ0) is 9.68. The van der Waals surface area contributed by atoms with Crippen molar-refractivity contribution in [3.63, 3.8) is 0 Å². The van der Waals surface area contributed by atoms with E-state index in [9.17, 15) is 0 Å². The summed E-state index contributed by atoms with van der Waals surface area (Å²) in [6.45, 7) is 2.52. The van der Waals surface area contributed by atoms with Crippen molar-refractivity contribution in [2.24, 2.45) is 0 Å².